The summed E-state index contributed by atoms with van der Waals surface area (Å²) in [4.78, 5) is 23.6. The Morgan fingerprint density at radius 2 is 1.76 bits per heavy atom. The van der Waals surface area contributed by atoms with Crippen molar-refractivity contribution in [2.24, 2.45) is 0 Å². The van der Waals surface area contributed by atoms with E-state index in [0.717, 1.165) is 24.3 Å². The minimum atomic E-state index is -4.46. The molecular formula is C16H12ClF3N2O3. The first-order chi connectivity index (χ1) is 11.7. The van der Waals surface area contributed by atoms with Gasteiger partial charge in [-0.2, -0.15) is 13.2 Å². The van der Waals surface area contributed by atoms with Crippen molar-refractivity contribution in [3.05, 3.63) is 58.6 Å². The van der Waals surface area contributed by atoms with E-state index < -0.39 is 30.2 Å². The van der Waals surface area contributed by atoms with E-state index in [1.54, 1.807) is 0 Å². The Labute approximate surface area is 145 Å². The van der Waals surface area contributed by atoms with Gasteiger partial charge in [-0.1, -0.05) is 11.6 Å². The molecule has 0 saturated carbocycles. The molecule has 25 heavy (non-hydrogen) atoms. The summed E-state index contributed by atoms with van der Waals surface area (Å²) in [5, 5.41) is 2.59. The smallest absolute Gasteiger partial charge is 0.416 e. The maximum atomic E-state index is 12.4. The van der Waals surface area contributed by atoms with Gasteiger partial charge in [-0.3, -0.25) is 4.79 Å². The van der Waals surface area contributed by atoms with Crippen LogP contribution in [0.5, 0.6) is 0 Å². The highest BCUT2D eigenvalue weighted by atomic mass is 35.5. The standard InChI is InChI=1S/C16H12ClF3N2O3/c17-10-3-6-13(21)12(7-10)15(24)25-8-14(23)22-11-4-1-9(2-5-11)16(18,19)20/h1-7H,8,21H2,(H,22,23). The number of nitrogen functional groups attached to an aromatic ring is 1. The van der Waals surface area contributed by atoms with Crippen LogP contribution in [0.1, 0.15) is 15.9 Å². The van der Waals surface area contributed by atoms with Crippen molar-refractivity contribution in [3.63, 3.8) is 0 Å². The summed E-state index contributed by atoms with van der Waals surface area (Å²) < 4.78 is 42.2. The number of hydrogen-bond donors (Lipinski definition) is 2. The zero-order valence-corrected chi connectivity index (χ0v) is 13.3. The molecule has 0 saturated heterocycles. The van der Waals surface area contributed by atoms with E-state index >= 15 is 0 Å². The van der Waals surface area contributed by atoms with Crippen LogP contribution >= 0.6 is 11.6 Å². The summed E-state index contributed by atoms with van der Waals surface area (Å²) in [7, 11) is 0. The summed E-state index contributed by atoms with van der Waals surface area (Å²) in [5.41, 5.74) is 5.06. The summed E-state index contributed by atoms with van der Waals surface area (Å²) in [6, 6.07) is 8.05. The molecule has 9 heteroatoms. The number of hydrogen-bond acceptors (Lipinski definition) is 4. The van der Waals surface area contributed by atoms with E-state index in [1.807, 2.05) is 0 Å². The number of halogens is 4. The second kappa shape index (κ2) is 7.43. The number of alkyl halides is 3. The molecule has 0 radical (unpaired) electrons. The maximum absolute atomic E-state index is 12.4. The number of nitrogens with one attached hydrogen (secondary N) is 1. The number of benzene rings is 2. The lowest BCUT2D eigenvalue weighted by atomic mass is 10.2. The van der Waals surface area contributed by atoms with Crippen molar-refractivity contribution in [1.82, 2.24) is 0 Å². The highest BCUT2D eigenvalue weighted by Gasteiger charge is 2.30. The van der Waals surface area contributed by atoms with Crippen molar-refractivity contribution in [1.29, 1.82) is 0 Å². The molecule has 0 bridgehead atoms. The fraction of sp³-hybridized carbons (Fsp3) is 0.125. The average Bonchev–Trinajstić information content (AvgIpc) is 2.54. The predicted octanol–water partition coefficient (Wildman–Crippen LogP) is 3.74. The van der Waals surface area contributed by atoms with E-state index in [1.165, 1.54) is 18.2 Å². The molecule has 2 aromatic carbocycles. The van der Waals surface area contributed by atoms with Crippen LogP contribution in [0, 0.1) is 0 Å². The summed E-state index contributed by atoms with van der Waals surface area (Å²) >= 11 is 5.75. The Balaban J connectivity index is 1.92. The molecule has 0 spiro atoms. The van der Waals surface area contributed by atoms with Crippen LogP contribution in [0.4, 0.5) is 24.5 Å². The van der Waals surface area contributed by atoms with Crippen molar-refractivity contribution < 1.29 is 27.5 Å². The quantitative estimate of drug-likeness (QED) is 0.633. The molecule has 0 aliphatic rings. The van der Waals surface area contributed by atoms with Gasteiger partial charge in [0.25, 0.3) is 5.91 Å². The lowest BCUT2D eigenvalue weighted by Crippen LogP contribution is -2.21. The largest absolute Gasteiger partial charge is 0.452 e. The molecule has 0 atom stereocenters. The highest BCUT2D eigenvalue weighted by Crippen LogP contribution is 2.29. The van der Waals surface area contributed by atoms with Crippen LogP contribution in [-0.4, -0.2) is 18.5 Å². The van der Waals surface area contributed by atoms with Gasteiger partial charge in [0.1, 0.15) is 0 Å². The average molecular weight is 373 g/mol. The predicted molar refractivity (Wildman–Crippen MR) is 86.2 cm³/mol. The lowest BCUT2D eigenvalue weighted by molar-refractivity contribution is -0.137. The van der Waals surface area contributed by atoms with Gasteiger partial charge in [0.2, 0.25) is 0 Å². The number of amides is 1. The highest BCUT2D eigenvalue weighted by molar-refractivity contribution is 6.31. The normalized spacial score (nSPS) is 11.0. The third kappa shape index (κ3) is 5.12. The van der Waals surface area contributed by atoms with Crippen LogP contribution in [-0.2, 0) is 15.7 Å². The first-order valence-corrected chi connectivity index (χ1v) is 7.24. The molecule has 0 aliphatic heterocycles. The summed E-state index contributed by atoms with van der Waals surface area (Å²) in [5.74, 6) is -1.56. The molecule has 5 nitrogen and oxygen atoms in total. The Bertz CT molecular complexity index is 792. The number of rotatable bonds is 4. The van der Waals surface area contributed by atoms with Crippen LogP contribution < -0.4 is 11.1 Å². The van der Waals surface area contributed by atoms with Crippen LogP contribution in [0.2, 0.25) is 5.02 Å². The number of carbonyl (C=O) groups is 2. The topological polar surface area (TPSA) is 81.4 Å². The van der Waals surface area contributed by atoms with Gasteiger partial charge >= 0.3 is 12.1 Å². The first-order valence-electron chi connectivity index (χ1n) is 6.86. The number of anilines is 2. The van der Waals surface area contributed by atoms with Gasteiger partial charge in [0.15, 0.2) is 6.61 Å². The molecule has 2 aromatic rings. The van der Waals surface area contributed by atoms with Gasteiger partial charge in [-0.15, -0.1) is 0 Å². The molecule has 0 heterocycles. The van der Waals surface area contributed by atoms with Crippen molar-refractivity contribution in [3.8, 4) is 0 Å². The van der Waals surface area contributed by atoms with E-state index in [2.05, 4.69) is 5.32 Å². The summed E-state index contributed by atoms with van der Waals surface area (Å²) in [6.45, 7) is -0.633. The van der Waals surface area contributed by atoms with Gasteiger partial charge in [-0.05, 0) is 42.5 Å². The molecule has 132 valence electrons. The minimum Gasteiger partial charge on any atom is -0.452 e. The van der Waals surface area contributed by atoms with E-state index in [-0.39, 0.29) is 22.0 Å². The number of carbonyl (C=O) groups excluding carboxylic acids is 2. The van der Waals surface area contributed by atoms with Gasteiger partial charge in [-0.25, -0.2) is 4.79 Å². The Hall–Kier alpha value is -2.74. The number of ether oxygens (including phenoxy) is 1. The Morgan fingerprint density at radius 3 is 2.36 bits per heavy atom. The zero-order valence-electron chi connectivity index (χ0n) is 12.6. The SMILES string of the molecule is Nc1ccc(Cl)cc1C(=O)OCC(=O)Nc1ccc(C(F)(F)F)cc1. The van der Waals surface area contributed by atoms with Gasteiger partial charge < -0.3 is 15.8 Å². The van der Waals surface area contributed by atoms with Crippen molar-refractivity contribution in [2.75, 3.05) is 17.7 Å². The van der Waals surface area contributed by atoms with E-state index in [9.17, 15) is 22.8 Å². The first kappa shape index (κ1) is 18.6. The Morgan fingerprint density at radius 1 is 1.12 bits per heavy atom. The van der Waals surface area contributed by atoms with Crippen molar-refractivity contribution >= 4 is 34.9 Å². The van der Waals surface area contributed by atoms with Crippen LogP contribution in [0.25, 0.3) is 0 Å². The third-order valence-corrected chi connectivity index (χ3v) is 3.30. The van der Waals surface area contributed by atoms with E-state index in [4.69, 9.17) is 22.1 Å². The molecule has 3 N–H and O–H groups in total. The second-order valence-electron chi connectivity index (χ2n) is 4.93. The molecule has 2 rings (SSSR count). The molecular weight excluding hydrogens is 361 g/mol. The minimum absolute atomic E-state index is 0.00910. The third-order valence-electron chi connectivity index (χ3n) is 3.07. The maximum Gasteiger partial charge on any atom is 0.416 e. The fourth-order valence-electron chi connectivity index (χ4n) is 1.85. The van der Waals surface area contributed by atoms with Gasteiger partial charge in [0, 0.05) is 16.4 Å². The number of nitrogens with two attached hydrogens (primary N) is 1. The van der Waals surface area contributed by atoms with Crippen LogP contribution in [0.15, 0.2) is 42.5 Å². The van der Waals surface area contributed by atoms with Crippen LogP contribution in [0.3, 0.4) is 0 Å². The van der Waals surface area contributed by atoms with Crippen molar-refractivity contribution in [2.45, 2.75) is 6.18 Å². The monoisotopic (exact) mass is 372 g/mol. The molecule has 0 unspecified atom stereocenters. The summed E-state index contributed by atoms with van der Waals surface area (Å²) in [6.07, 6.45) is -4.46. The molecule has 0 aromatic heterocycles. The zero-order chi connectivity index (χ0) is 18.6. The lowest BCUT2D eigenvalue weighted by Gasteiger charge is -2.10. The Kier molecular flexibility index (Phi) is 5.53. The van der Waals surface area contributed by atoms with Gasteiger partial charge in [0.05, 0.1) is 11.1 Å². The number of esters is 1. The molecule has 1 amide bonds. The van der Waals surface area contributed by atoms with E-state index in [0.29, 0.717) is 0 Å². The molecule has 0 fully saturated rings. The molecule has 0 aliphatic carbocycles. The fourth-order valence-corrected chi connectivity index (χ4v) is 2.03. The second-order valence-corrected chi connectivity index (χ2v) is 5.37.